The molecule has 0 saturated heterocycles. The predicted molar refractivity (Wildman–Crippen MR) is 127 cm³/mol. The van der Waals surface area contributed by atoms with Crippen LogP contribution in [-0.4, -0.2) is 45.9 Å². The lowest BCUT2D eigenvalue weighted by molar-refractivity contribution is -0.114. The van der Waals surface area contributed by atoms with Crippen LogP contribution in [-0.2, 0) is 18.3 Å². The molecule has 2 aromatic rings. The van der Waals surface area contributed by atoms with Gasteiger partial charge >= 0.3 is 0 Å². The molecule has 0 fully saturated rings. The van der Waals surface area contributed by atoms with Crippen molar-refractivity contribution in [1.82, 2.24) is 20.4 Å². The van der Waals surface area contributed by atoms with Crippen LogP contribution < -0.4 is 16.0 Å². The molecule has 0 spiro atoms. The van der Waals surface area contributed by atoms with Crippen molar-refractivity contribution >= 4 is 41.5 Å². The number of carbonyl (C=O) groups excluding carboxylic acids is 1. The van der Waals surface area contributed by atoms with Gasteiger partial charge in [-0.25, -0.2) is 4.99 Å². The number of aliphatic imine (C=N–C) groups is 1. The van der Waals surface area contributed by atoms with Crippen LogP contribution >= 0.6 is 24.0 Å². The van der Waals surface area contributed by atoms with Crippen LogP contribution in [0.25, 0.3) is 0 Å². The molecular formula is C20H31IN6O2. The summed E-state index contributed by atoms with van der Waals surface area (Å²) in [6.07, 6.45) is 0.815. The minimum Gasteiger partial charge on any atom is -0.508 e. The highest BCUT2D eigenvalue weighted by Crippen LogP contribution is 2.14. The van der Waals surface area contributed by atoms with E-state index in [1.54, 1.807) is 12.1 Å². The molecule has 1 aromatic heterocycles. The maximum atomic E-state index is 12.1. The Morgan fingerprint density at radius 1 is 1.28 bits per heavy atom. The summed E-state index contributed by atoms with van der Waals surface area (Å²) in [6.45, 7) is 8.83. The Kier molecular flexibility index (Phi) is 9.93. The van der Waals surface area contributed by atoms with Crippen LogP contribution in [0, 0.1) is 13.8 Å². The lowest BCUT2D eigenvalue weighted by Crippen LogP contribution is -2.43. The van der Waals surface area contributed by atoms with Crippen LogP contribution in [0.3, 0.4) is 0 Å². The molecule has 1 heterocycles. The molecule has 4 N–H and O–H groups in total. The fourth-order valence-corrected chi connectivity index (χ4v) is 2.92. The summed E-state index contributed by atoms with van der Waals surface area (Å²) < 4.78 is 1.89. The minimum atomic E-state index is -0.227. The fourth-order valence-electron chi connectivity index (χ4n) is 2.92. The molecular weight excluding hydrogens is 483 g/mol. The molecule has 0 aliphatic heterocycles. The summed E-state index contributed by atoms with van der Waals surface area (Å²) in [6, 6.07) is 6.45. The third-order valence-corrected chi connectivity index (χ3v) is 4.43. The molecule has 0 radical (unpaired) electrons. The summed E-state index contributed by atoms with van der Waals surface area (Å²) in [7, 11) is 1.95. The largest absolute Gasteiger partial charge is 0.508 e. The average molecular weight is 514 g/mol. The van der Waals surface area contributed by atoms with E-state index in [1.807, 2.05) is 25.6 Å². The first-order valence-corrected chi connectivity index (χ1v) is 9.43. The molecule has 0 bridgehead atoms. The summed E-state index contributed by atoms with van der Waals surface area (Å²) in [5.74, 6) is 0.521. The van der Waals surface area contributed by atoms with Crippen molar-refractivity contribution in [3.05, 3.63) is 41.2 Å². The van der Waals surface area contributed by atoms with Crippen molar-refractivity contribution in [3.8, 4) is 5.75 Å². The number of amides is 1. The van der Waals surface area contributed by atoms with Crippen LogP contribution in [0.2, 0.25) is 0 Å². The number of aryl methyl sites for hydroxylation is 2. The van der Waals surface area contributed by atoms with Crippen LogP contribution in [0.4, 0.5) is 5.69 Å². The Bertz CT molecular complexity index is 832. The number of hydrogen-bond acceptors (Lipinski definition) is 4. The molecule has 0 saturated carbocycles. The van der Waals surface area contributed by atoms with Crippen molar-refractivity contribution in [2.45, 2.75) is 40.2 Å². The van der Waals surface area contributed by atoms with E-state index in [2.05, 4.69) is 39.9 Å². The fraction of sp³-hybridized carbons (Fsp3) is 0.450. The number of phenols is 1. The van der Waals surface area contributed by atoms with Gasteiger partial charge in [0.25, 0.3) is 0 Å². The molecule has 0 aliphatic rings. The van der Waals surface area contributed by atoms with E-state index < -0.39 is 0 Å². The van der Waals surface area contributed by atoms with E-state index in [-0.39, 0.29) is 48.2 Å². The van der Waals surface area contributed by atoms with E-state index in [0.29, 0.717) is 18.2 Å². The van der Waals surface area contributed by atoms with Crippen LogP contribution in [0.1, 0.15) is 30.8 Å². The number of nitrogens with zero attached hydrogens (tertiary/aromatic N) is 3. The van der Waals surface area contributed by atoms with Gasteiger partial charge in [-0.1, -0.05) is 0 Å². The van der Waals surface area contributed by atoms with Gasteiger partial charge in [0.2, 0.25) is 5.91 Å². The first-order chi connectivity index (χ1) is 13.3. The molecule has 0 aliphatic carbocycles. The number of rotatable bonds is 7. The third-order valence-electron chi connectivity index (χ3n) is 4.43. The molecule has 29 heavy (non-hydrogen) atoms. The number of benzene rings is 1. The monoisotopic (exact) mass is 514 g/mol. The van der Waals surface area contributed by atoms with Gasteiger partial charge in [-0.15, -0.1) is 24.0 Å². The summed E-state index contributed by atoms with van der Waals surface area (Å²) in [4.78, 5) is 16.5. The highest BCUT2D eigenvalue weighted by Gasteiger charge is 2.14. The number of nitrogens with one attached hydrogen (secondary N) is 3. The minimum absolute atomic E-state index is 0. The van der Waals surface area contributed by atoms with E-state index in [1.165, 1.54) is 17.7 Å². The number of hydrogen-bond donors (Lipinski definition) is 4. The van der Waals surface area contributed by atoms with E-state index in [0.717, 1.165) is 17.8 Å². The van der Waals surface area contributed by atoms with Gasteiger partial charge in [-0.2, -0.15) is 5.10 Å². The summed E-state index contributed by atoms with van der Waals surface area (Å²) in [5.41, 5.74) is 4.03. The van der Waals surface area contributed by atoms with Gasteiger partial charge in [-0.3, -0.25) is 9.48 Å². The number of guanidine groups is 1. The van der Waals surface area contributed by atoms with E-state index in [4.69, 9.17) is 0 Å². The number of phenolic OH excluding ortho intramolecular Hbond substituents is 1. The van der Waals surface area contributed by atoms with Gasteiger partial charge in [0.1, 0.15) is 12.3 Å². The molecule has 160 valence electrons. The molecule has 9 heteroatoms. The van der Waals surface area contributed by atoms with Crippen molar-refractivity contribution < 1.29 is 9.90 Å². The Morgan fingerprint density at radius 3 is 2.48 bits per heavy atom. The zero-order valence-corrected chi connectivity index (χ0v) is 19.9. The van der Waals surface area contributed by atoms with Crippen molar-refractivity contribution in [2.24, 2.45) is 12.0 Å². The highest BCUT2D eigenvalue weighted by molar-refractivity contribution is 14.0. The standard InChI is InChI=1S/C20H30N6O2.HI/c1-6-21-20(22-12-19(28)24-16-7-9-17(27)10-8-16)23-13(2)11-18-14(3)25-26(5)15(18)4;/h7-10,13,27H,6,11-12H2,1-5H3,(H,24,28)(H2,21,22,23);1H. The number of anilines is 1. The quantitative estimate of drug-likeness (QED) is 0.197. The third kappa shape index (κ3) is 7.56. The Labute approximate surface area is 189 Å². The second-order valence-corrected chi connectivity index (χ2v) is 6.81. The molecule has 1 amide bonds. The number of halogens is 1. The zero-order chi connectivity index (χ0) is 20.7. The number of carbonyl (C=O) groups is 1. The first-order valence-electron chi connectivity index (χ1n) is 9.43. The smallest absolute Gasteiger partial charge is 0.246 e. The van der Waals surface area contributed by atoms with Gasteiger partial charge in [0, 0.05) is 31.0 Å². The SMILES string of the molecule is CCNC(=NCC(=O)Nc1ccc(O)cc1)NC(C)Cc1c(C)nn(C)c1C.I. The lowest BCUT2D eigenvalue weighted by Gasteiger charge is -2.18. The Hall–Kier alpha value is -2.30. The molecule has 2 rings (SSSR count). The van der Waals surface area contributed by atoms with Gasteiger partial charge < -0.3 is 21.1 Å². The first kappa shape index (κ1) is 24.7. The van der Waals surface area contributed by atoms with Gasteiger partial charge in [0.15, 0.2) is 5.96 Å². The van der Waals surface area contributed by atoms with Crippen molar-refractivity contribution in [2.75, 3.05) is 18.4 Å². The van der Waals surface area contributed by atoms with Gasteiger partial charge in [0.05, 0.1) is 5.69 Å². The average Bonchev–Trinajstić information content (AvgIpc) is 2.88. The molecule has 1 aromatic carbocycles. The molecule has 1 atom stereocenters. The maximum absolute atomic E-state index is 12.1. The highest BCUT2D eigenvalue weighted by atomic mass is 127. The van der Waals surface area contributed by atoms with Crippen LogP contribution in [0.15, 0.2) is 29.3 Å². The van der Waals surface area contributed by atoms with E-state index in [9.17, 15) is 9.90 Å². The predicted octanol–water partition coefficient (Wildman–Crippen LogP) is 2.49. The van der Waals surface area contributed by atoms with Crippen LogP contribution in [0.5, 0.6) is 5.75 Å². The topological polar surface area (TPSA) is 104 Å². The number of aromatic hydroxyl groups is 1. The summed E-state index contributed by atoms with van der Waals surface area (Å²) in [5, 5.41) is 23.0. The lowest BCUT2D eigenvalue weighted by atomic mass is 10.1. The van der Waals surface area contributed by atoms with Crippen molar-refractivity contribution in [3.63, 3.8) is 0 Å². The second kappa shape index (κ2) is 11.6. The van der Waals surface area contributed by atoms with Gasteiger partial charge in [-0.05, 0) is 63.9 Å². The van der Waals surface area contributed by atoms with E-state index >= 15 is 0 Å². The molecule has 8 nitrogen and oxygen atoms in total. The molecule has 1 unspecified atom stereocenters. The zero-order valence-electron chi connectivity index (χ0n) is 17.6. The maximum Gasteiger partial charge on any atom is 0.246 e. The Balaban J connectivity index is 0.00000420. The summed E-state index contributed by atoms with van der Waals surface area (Å²) >= 11 is 0. The Morgan fingerprint density at radius 2 is 1.93 bits per heavy atom. The second-order valence-electron chi connectivity index (χ2n) is 6.81. The number of aromatic nitrogens is 2. The normalized spacial score (nSPS) is 12.1. The van der Waals surface area contributed by atoms with Crippen molar-refractivity contribution in [1.29, 1.82) is 0 Å².